The number of nitrogens with zero attached hydrogens (tertiary/aromatic N) is 3. The molecule has 2 rings (SSSR count). The largest absolute Gasteiger partial charge is 0.315 e. The van der Waals surface area contributed by atoms with Crippen molar-refractivity contribution in [3.63, 3.8) is 0 Å². The SMILES string of the molecule is CCc1ccc(S(=O)(=O)NC=NCCSCc2csc(/N=C/NN)n2)cc1. The zero-order chi connectivity index (χ0) is 19.5. The highest BCUT2D eigenvalue weighted by molar-refractivity contribution is 7.98. The van der Waals surface area contributed by atoms with Gasteiger partial charge in [-0.05, 0) is 24.1 Å². The van der Waals surface area contributed by atoms with Gasteiger partial charge in [0, 0.05) is 23.4 Å². The fourth-order valence-electron chi connectivity index (χ4n) is 1.95. The summed E-state index contributed by atoms with van der Waals surface area (Å²) in [6.45, 7) is 2.53. The zero-order valence-corrected chi connectivity index (χ0v) is 17.3. The van der Waals surface area contributed by atoms with Gasteiger partial charge in [0.05, 0.1) is 16.9 Å². The molecule has 0 spiro atoms. The number of aryl methyl sites for hydroxylation is 1. The second-order valence-electron chi connectivity index (χ2n) is 5.25. The van der Waals surface area contributed by atoms with E-state index in [2.05, 4.69) is 25.1 Å². The minimum absolute atomic E-state index is 0.229. The normalized spacial score (nSPS) is 12.1. The summed E-state index contributed by atoms with van der Waals surface area (Å²) in [6.07, 6.45) is 3.48. The Bertz CT molecular complexity index is 863. The quantitative estimate of drug-likeness (QED) is 0.166. The molecule has 0 bridgehead atoms. The number of nitrogens with two attached hydrogens (primary N) is 1. The molecule has 0 aliphatic heterocycles. The van der Waals surface area contributed by atoms with Crippen molar-refractivity contribution in [3.05, 3.63) is 40.9 Å². The van der Waals surface area contributed by atoms with E-state index in [1.165, 1.54) is 24.0 Å². The Morgan fingerprint density at radius 2 is 2.07 bits per heavy atom. The van der Waals surface area contributed by atoms with Crippen molar-refractivity contribution in [2.75, 3.05) is 12.3 Å². The van der Waals surface area contributed by atoms with Gasteiger partial charge in [-0.25, -0.2) is 24.2 Å². The van der Waals surface area contributed by atoms with Gasteiger partial charge in [-0.1, -0.05) is 19.1 Å². The third-order valence-corrected chi connectivity index (χ3v) is 6.42. The molecule has 4 N–H and O–H groups in total. The summed E-state index contributed by atoms with van der Waals surface area (Å²) < 4.78 is 26.7. The molecule has 146 valence electrons. The van der Waals surface area contributed by atoms with Crippen LogP contribution in [0, 0.1) is 0 Å². The van der Waals surface area contributed by atoms with Crippen molar-refractivity contribution in [3.8, 4) is 0 Å². The molecule has 0 saturated heterocycles. The van der Waals surface area contributed by atoms with Gasteiger partial charge >= 0.3 is 0 Å². The minimum Gasteiger partial charge on any atom is -0.315 e. The van der Waals surface area contributed by atoms with Gasteiger partial charge < -0.3 is 5.43 Å². The molecule has 1 aromatic heterocycles. The molecule has 0 radical (unpaired) electrons. The molecular formula is C16H22N6O2S3. The van der Waals surface area contributed by atoms with Crippen molar-refractivity contribution >= 4 is 50.9 Å². The Morgan fingerprint density at radius 3 is 2.78 bits per heavy atom. The summed E-state index contributed by atoms with van der Waals surface area (Å²) in [5.74, 6) is 6.61. The highest BCUT2D eigenvalue weighted by Gasteiger charge is 2.11. The molecule has 11 heteroatoms. The van der Waals surface area contributed by atoms with E-state index in [1.54, 1.807) is 23.9 Å². The predicted octanol–water partition coefficient (Wildman–Crippen LogP) is 2.07. The van der Waals surface area contributed by atoms with Gasteiger partial charge in [-0.3, -0.25) is 9.71 Å². The van der Waals surface area contributed by atoms with Crippen LogP contribution >= 0.6 is 23.1 Å². The van der Waals surface area contributed by atoms with E-state index in [1.807, 2.05) is 24.4 Å². The van der Waals surface area contributed by atoms with E-state index in [4.69, 9.17) is 5.84 Å². The van der Waals surface area contributed by atoms with Crippen LogP contribution < -0.4 is 16.0 Å². The van der Waals surface area contributed by atoms with Crippen LogP contribution in [0.2, 0.25) is 0 Å². The van der Waals surface area contributed by atoms with E-state index in [9.17, 15) is 8.42 Å². The van der Waals surface area contributed by atoms with Crippen LogP contribution in [0.3, 0.4) is 0 Å². The Hall–Kier alpha value is -1.95. The van der Waals surface area contributed by atoms with Gasteiger partial charge in [0.1, 0.15) is 6.34 Å². The first kappa shape index (κ1) is 21.4. The van der Waals surface area contributed by atoms with Crippen LogP contribution in [0.5, 0.6) is 0 Å². The van der Waals surface area contributed by atoms with Gasteiger partial charge in [0.25, 0.3) is 10.0 Å². The lowest BCUT2D eigenvalue weighted by Crippen LogP contribution is -2.22. The van der Waals surface area contributed by atoms with Crippen molar-refractivity contribution in [2.24, 2.45) is 15.8 Å². The number of thioether (sulfide) groups is 1. The predicted molar refractivity (Wildman–Crippen MR) is 113 cm³/mol. The fourth-order valence-corrected chi connectivity index (χ4v) is 4.30. The Morgan fingerprint density at radius 1 is 1.30 bits per heavy atom. The van der Waals surface area contributed by atoms with Crippen molar-refractivity contribution in [1.82, 2.24) is 15.1 Å². The summed E-state index contributed by atoms with van der Waals surface area (Å²) in [5, 5.41) is 2.58. The first-order valence-electron chi connectivity index (χ1n) is 8.15. The molecule has 8 nitrogen and oxygen atoms in total. The maximum atomic E-state index is 12.1. The first-order valence-corrected chi connectivity index (χ1v) is 11.7. The van der Waals surface area contributed by atoms with Crippen LogP contribution in [-0.2, 0) is 22.2 Å². The maximum absolute atomic E-state index is 12.1. The number of thiazole rings is 1. The number of hydrazine groups is 1. The average molecular weight is 427 g/mol. The fraction of sp³-hybridized carbons (Fsp3) is 0.312. The summed E-state index contributed by atoms with van der Waals surface area (Å²) in [6, 6.07) is 6.81. The number of nitrogens with one attached hydrogen (secondary N) is 2. The smallest absolute Gasteiger partial charge is 0.262 e. The van der Waals surface area contributed by atoms with Crippen LogP contribution in [0.25, 0.3) is 0 Å². The number of aromatic nitrogens is 1. The summed E-state index contributed by atoms with van der Waals surface area (Å²) in [4.78, 5) is 12.7. The monoisotopic (exact) mass is 426 g/mol. The molecule has 0 aliphatic carbocycles. The van der Waals surface area contributed by atoms with Crippen molar-refractivity contribution in [2.45, 2.75) is 24.0 Å². The van der Waals surface area contributed by atoms with Gasteiger partial charge in [-0.2, -0.15) is 11.8 Å². The first-order chi connectivity index (χ1) is 13.0. The second kappa shape index (κ2) is 11.0. The minimum atomic E-state index is -3.57. The topological polar surface area (TPSA) is 122 Å². The highest BCUT2D eigenvalue weighted by Crippen LogP contribution is 2.21. The third kappa shape index (κ3) is 7.29. The number of hydrogen-bond acceptors (Lipinski definition) is 8. The van der Waals surface area contributed by atoms with Crippen LogP contribution in [-0.4, -0.2) is 38.4 Å². The van der Waals surface area contributed by atoms with Crippen LogP contribution in [0.15, 0.2) is 44.5 Å². The van der Waals surface area contributed by atoms with E-state index in [0.29, 0.717) is 11.7 Å². The van der Waals surface area contributed by atoms with Crippen molar-refractivity contribution < 1.29 is 8.42 Å². The lowest BCUT2D eigenvalue weighted by molar-refractivity contribution is 0.593. The van der Waals surface area contributed by atoms with Gasteiger partial charge in [-0.15, -0.1) is 11.3 Å². The maximum Gasteiger partial charge on any atom is 0.262 e. The van der Waals surface area contributed by atoms with Crippen LogP contribution in [0.4, 0.5) is 5.13 Å². The standard InChI is InChI=1S/C16H22N6O2S3/c1-2-13-3-5-15(6-4-13)27(23,24)21-11-18-7-8-25-9-14-10-26-16(22-14)19-12-20-17/h3-6,10-12H,2,7-9,17H2,1H3,(H,18,21)(H,19,20,22). The van der Waals surface area contributed by atoms with E-state index in [-0.39, 0.29) is 4.90 Å². The summed E-state index contributed by atoms with van der Waals surface area (Å²) >= 11 is 3.10. The molecular weight excluding hydrogens is 404 g/mol. The van der Waals surface area contributed by atoms with Crippen LogP contribution in [0.1, 0.15) is 18.2 Å². The molecule has 0 atom stereocenters. The number of benzene rings is 1. The zero-order valence-electron chi connectivity index (χ0n) is 14.8. The second-order valence-corrected chi connectivity index (χ2v) is 8.91. The third-order valence-electron chi connectivity index (χ3n) is 3.34. The number of hydrogen-bond donors (Lipinski definition) is 3. The Balaban J connectivity index is 1.69. The van der Waals surface area contributed by atoms with E-state index in [0.717, 1.165) is 29.2 Å². The molecule has 27 heavy (non-hydrogen) atoms. The Labute approximate surface area is 167 Å². The Kier molecular flexibility index (Phi) is 8.72. The van der Waals surface area contributed by atoms with Gasteiger partial charge in [0.2, 0.25) is 5.13 Å². The summed E-state index contributed by atoms with van der Waals surface area (Å²) in [5.41, 5.74) is 4.36. The lowest BCUT2D eigenvalue weighted by atomic mass is 10.2. The van der Waals surface area contributed by atoms with Crippen molar-refractivity contribution in [1.29, 1.82) is 0 Å². The highest BCUT2D eigenvalue weighted by atomic mass is 32.2. The molecule has 0 saturated carbocycles. The number of sulfonamides is 1. The van der Waals surface area contributed by atoms with Gasteiger partial charge in [0.15, 0.2) is 0 Å². The molecule has 1 heterocycles. The average Bonchev–Trinajstić information content (AvgIpc) is 3.13. The number of rotatable bonds is 11. The molecule has 2 aromatic rings. The number of aliphatic imine (C=N–C) groups is 2. The van der Waals surface area contributed by atoms with E-state index < -0.39 is 10.0 Å². The molecule has 0 aliphatic rings. The molecule has 1 aromatic carbocycles. The summed E-state index contributed by atoms with van der Waals surface area (Å²) in [7, 11) is -3.57. The molecule has 0 amide bonds. The molecule has 0 unspecified atom stereocenters. The molecule has 0 fully saturated rings. The lowest BCUT2D eigenvalue weighted by Gasteiger charge is -2.04. The van der Waals surface area contributed by atoms with E-state index >= 15 is 0 Å².